The van der Waals surface area contributed by atoms with Crippen molar-refractivity contribution in [2.75, 3.05) is 0 Å². The van der Waals surface area contributed by atoms with E-state index in [9.17, 15) is 0 Å². The fourth-order valence-electron chi connectivity index (χ4n) is 0.838. The van der Waals surface area contributed by atoms with E-state index in [2.05, 4.69) is 12.8 Å². The molecule has 0 aromatic heterocycles. The lowest BCUT2D eigenvalue weighted by atomic mass is 10.0. The van der Waals surface area contributed by atoms with Crippen molar-refractivity contribution < 1.29 is 0 Å². The Morgan fingerprint density at radius 1 is 1.25 bits per heavy atom. The molecule has 0 aliphatic rings. The van der Waals surface area contributed by atoms with Gasteiger partial charge >= 0.3 is 0 Å². The first kappa shape index (κ1) is 10.8. The molecule has 1 aromatic carbocycles. The van der Waals surface area contributed by atoms with Crippen LogP contribution < -0.4 is 0 Å². The van der Waals surface area contributed by atoms with Crippen LogP contribution in [0.5, 0.6) is 0 Å². The Morgan fingerprint density at radius 2 is 1.75 bits per heavy atom. The average Bonchev–Trinajstić information content (AvgIpc) is 2.21. The molecule has 0 heterocycles. The second-order valence-corrected chi connectivity index (χ2v) is 2.30. The minimum absolute atomic E-state index is 0.237. The predicted molar refractivity (Wildman–Crippen MR) is 54.7 cm³/mol. The summed E-state index contributed by atoms with van der Waals surface area (Å²) in [6.45, 7) is 7.02. The van der Waals surface area contributed by atoms with Crippen LogP contribution in [0.25, 0.3) is 0 Å². The molecule has 1 radical (unpaired) electrons. The molecule has 12 heavy (non-hydrogen) atoms. The molecule has 0 spiro atoms. The molecule has 63 valence electrons. The van der Waals surface area contributed by atoms with E-state index in [4.69, 9.17) is 6.42 Å². The summed E-state index contributed by atoms with van der Waals surface area (Å²) in [6, 6.07) is 10.1. The molecule has 0 heteroatoms. The van der Waals surface area contributed by atoms with Crippen LogP contribution in [0.4, 0.5) is 0 Å². The van der Waals surface area contributed by atoms with E-state index in [0.717, 1.165) is 0 Å². The third-order valence-electron chi connectivity index (χ3n) is 1.55. The second kappa shape index (κ2) is 6.49. The van der Waals surface area contributed by atoms with Crippen LogP contribution in [0.2, 0.25) is 0 Å². The molecule has 0 aliphatic carbocycles. The molecule has 0 amide bonds. The lowest BCUT2D eigenvalue weighted by molar-refractivity contribution is 1.01. The van der Waals surface area contributed by atoms with E-state index in [1.165, 1.54) is 5.56 Å². The van der Waals surface area contributed by atoms with Crippen molar-refractivity contribution in [3.8, 4) is 12.3 Å². The summed E-state index contributed by atoms with van der Waals surface area (Å²) in [6.07, 6.45) is 5.25. The van der Waals surface area contributed by atoms with Crippen LogP contribution in [0, 0.1) is 19.3 Å². The average molecular weight is 159 g/mol. The van der Waals surface area contributed by atoms with E-state index < -0.39 is 0 Å². The highest BCUT2D eigenvalue weighted by atomic mass is 14.0. The Morgan fingerprint density at radius 3 is 2.17 bits per heavy atom. The number of terminal acetylenes is 1. The van der Waals surface area contributed by atoms with Gasteiger partial charge in [0.2, 0.25) is 0 Å². The quantitative estimate of drug-likeness (QED) is 0.552. The van der Waals surface area contributed by atoms with Gasteiger partial charge in [0.25, 0.3) is 0 Å². The van der Waals surface area contributed by atoms with Gasteiger partial charge in [-0.2, -0.15) is 0 Å². The lowest BCUT2D eigenvalue weighted by Gasteiger charge is -2.01. The standard InChI is InChI=1S/C10H10.C2H5/c1-3-9(2)10-7-5-4-6-8-10;1-2/h1,4-9H,2H3;1H2,2H3/t9-;/m1./s1. The van der Waals surface area contributed by atoms with E-state index in [1.807, 2.05) is 37.3 Å². The highest BCUT2D eigenvalue weighted by molar-refractivity contribution is 5.24. The van der Waals surface area contributed by atoms with Gasteiger partial charge in [0.1, 0.15) is 0 Å². The van der Waals surface area contributed by atoms with Gasteiger partial charge in [-0.3, -0.25) is 0 Å². The highest BCUT2D eigenvalue weighted by Gasteiger charge is 1.96. The zero-order valence-electron chi connectivity index (χ0n) is 7.75. The first-order valence-electron chi connectivity index (χ1n) is 4.06. The predicted octanol–water partition coefficient (Wildman–Crippen LogP) is 3.26. The highest BCUT2D eigenvalue weighted by Crippen LogP contribution is 2.11. The van der Waals surface area contributed by atoms with Gasteiger partial charge < -0.3 is 0 Å². The molecule has 0 unspecified atom stereocenters. The molecule has 0 nitrogen and oxygen atoms in total. The second-order valence-electron chi connectivity index (χ2n) is 2.30. The molecule has 1 atom stereocenters. The summed E-state index contributed by atoms with van der Waals surface area (Å²) in [7, 11) is 0. The first-order chi connectivity index (χ1) is 5.84. The van der Waals surface area contributed by atoms with Gasteiger partial charge in [0, 0.05) is 5.92 Å². The Kier molecular flexibility index (Phi) is 5.83. The van der Waals surface area contributed by atoms with E-state index >= 15 is 0 Å². The fraction of sp³-hybridized carbons (Fsp3) is 0.250. The summed E-state index contributed by atoms with van der Waals surface area (Å²) in [5.41, 5.74) is 1.21. The zero-order chi connectivity index (χ0) is 9.40. The third kappa shape index (κ3) is 3.25. The van der Waals surface area contributed by atoms with Crippen molar-refractivity contribution in [1.82, 2.24) is 0 Å². The normalized spacial score (nSPS) is 10.5. The summed E-state index contributed by atoms with van der Waals surface area (Å²) < 4.78 is 0. The molecule has 0 saturated carbocycles. The maximum atomic E-state index is 5.25. The maximum absolute atomic E-state index is 5.25. The number of rotatable bonds is 1. The molecule has 0 saturated heterocycles. The van der Waals surface area contributed by atoms with Crippen LogP contribution in [-0.2, 0) is 0 Å². The minimum atomic E-state index is 0.237. The number of benzene rings is 1. The van der Waals surface area contributed by atoms with Crippen molar-refractivity contribution >= 4 is 0 Å². The Hall–Kier alpha value is -1.22. The van der Waals surface area contributed by atoms with Gasteiger partial charge in [0.05, 0.1) is 0 Å². The SMILES string of the molecule is C#C[C@@H](C)c1ccccc1.[CH2]C. The van der Waals surface area contributed by atoms with Gasteiger partial charge in [0.15, 0.2) is 0 Å². The molecule has 0 fully saturated rings. The molecular formula is C12H15. The van der Waals surface area contributed by atoms with Crippen LogP contribution in [0.1, 0.15) is 25.3 Å². The van der Waals surface area contributed by atoms with Crippen LogP contribution in [0.3, 0.4) is 0 Å². The monoisotopic (exact) mass is 159 g/mol. The smallest absolute Gasteiger partial charge is 0.0421 e. The van der Waals surface area contributed by atoms with Crippen LogP contribution in [-0.4, -0.2) is 0 Å². The first-order valence-corrected chi connectivity index (χ1v) is 4.06. The molecule has 0 aliphatic heterocycles. The van der Waals surface area contributed by atoms with Crippen molar-refractivity contribution in [3.05, 3.63) is 42.8 Å². The van der Waals surface area contributed by atoms with E-state index in [0.29, 0.717) is 0 Å². The van der Waals surface area contributed by atoms with Crippen molar-refractivity contribution in [3.63, 3.8) is 0 Å². The maximum Gasteiger partial charge on any atom is 0.0421 e. The van der Waals surface area contributed by atoms with Crippen LogP contribution in [0.15, 0.2) is 30.3 Å². The van der Waals surface area contributed by atoms with Crippen molar-refractivity contribution in [1.29, 1.82) is 0 Å². The lowest BCUT2D eigenvalue weighted by Crippen LogP contribution is -1.86. The van der Waals surface area contributed by atoms with Crippen molar-refractivity contribution in [2.24, 2.45) is 0 Å². The summed E-state index contributed by atoms with van der Waals surface area (Å²) >= 11 is 0. The summed E-state index contributed by atoms with van der Waals surface area (Å²) in [4.78, 5) is 0. The molecule has 1 aromatic rings. The van der Waals surface area contributed by atoms with E-state index in [-0.39, 0.29) is 5.92 Å². The molecule has 0 bridgehead atoms. The van der Waals surface area contributed by atoms with Crippen LogP contribution >= 0.6 is 0 Å². The number of hydrogen-bond acceptors (Lipinski definition) is 0. The third-order valence-corrected chi connectivity index (χ3v) is 1.55. The summed E-state index contributed by atoms with van der Waals surface area (Å²) in [5, 5.41) is 0. The number of hydrogen-bond donors (Lipinski definition) is 0. The van der Waals surface area contributed by atoms with E-state index in [1.54, 1.807) is 6.92 Å². The topological polar surface area (TPSA) is 0 Å². The van der Waals surface area contributed by atoms with Gasteiger partial charge in [-0.05, 0) is 12.5 Å². The largest absolute Gasteiger partial charge is 0.119 e. The Bertz CT molecular complexity index is 228. The van der Waals surface area contributed by atoms with Crippen molar-refractivity contribution in [2.45, 2.75) is 19.8 Å². The minimum Gasteiger partial charge on any atom is -0.119 e. The Labute approximate surface area is 75.6 Å². The van der Waals surface area contributed by atoms with Gasteiger partial charge in [-0.15, -0.1) is 6.42 Å². The summed E-state index contributed by atoms with van der Waals surface area (Å²) in [5.74, 6) is 2.92. The molecule has 1 rings (SSSR count). The van der Waals surface area contributed by atoms with Gasteiger partial charge in [-0.25, -0.2) is 0 Å². The zero-order valence-corrected chi connectivity index (χ0v) is 7.75. The van der Waals surface area contributed by atoms with Gasteiger partial charge in [-0.1, -0.05) is 50.1 Å². The fourth-order valence-corrected chi connectivity index (χ4v) is 0.838. The molecule has 0 N–H and O–H groups in total. The molecular weight excluding hydrogens is 144 g/mol. The Balaban J connectivity index is 0.000000561.